The van der Waals surface area contributed by atoms with Crippen LogP contribution >= 0.6 is 0 Å². The molecule has 2 aliphatic rings. The van der Waals surface area contributed by atoms with Gasteiger partial charge in [-0.2, -0.15) is 0 Å². The minimum atomic E-state index is -0.632. The highest BCUT2D eigenvalue weighted by Crippen LogP contribution is 2.62. The summed E-state index contributed by atoms with van der Waals surface area (Å²) >= 11 is 0. The van der Waals surface area contributed by atoms with Crippen LogP contribution in [-0.4, -0.2) is 9.97 Å². The molecule has 0 bridgehead atoms. The largest absolute Gasteiger partial charge is 0.231 e. The van der Waals surface area contributed by atoms with Gasteiger partial charge in [0.25, 0.3) is 0 Å². The smallest absolute Gasteiger partial charge is 0.160 e. The lowest BCUT2D eigenvalue weighted by molar-refractivity contribution is 0.751. The van der Waals surface area contributed by atoms with Crippen LogP contribution in [0.5, 0.6) is 0 Å². The summed E-state index contributed by atoms with van der Waals surface area (Å²) in [5.41, 5.74) is 11.0. The monoisotopic (exact) mass is 484 g/mol. The molecule has 38 heavy (non-hydrogen) atoms. The lowest BCUT2D eigenvalue weighted by Gasteiger charge is -2.30. The fourth-order valence-electron chi connectivity index (χ4n) is 6.25. The number of hydrogen-bond donors (Lipinski definition) is 0. The van der Waals surface area contributed by atoms with Crippen LogP contribution in [0.15, 0.2) is 127 Å². The number of benzene rings is 4. The highest BCUT2D eigenvalue weighted by molar-refractivity contribution is 6.01. The zero-order valence-electron chi connectivity index (χ0n) is 21.0. The second-order valence-electron chi connectivity index (χ2n) is 9.63. The van der Waals surface area contributed by atoms with Crippen molar-refractivity contribution in [1.82, 2.24) is 9.97 Å². The van der Waals surface area contributed by atoms with Gasteiger partial charge in [-0.25, -0.2) is 9.97 Å². The third-order valence-corrected chi connectivity index (χ3v) is 7.70. The summed E-state index contributed by atoms with van der Waals surface area (Å²) in [4.78, 5) is 10.6. The Morgan fingerprint density at radius 1 is 0.684 bits per heavy atom. The second kappa shape index (κ2) is 8.54. The van der Waals surface area contributed by atoms with E-state index < -0.39 is 5.41 Å². The summed E-state index contributed by atoms with van der Waals surface area (Å²) in [6, 6.07) is 37.8. The minimum absolute atomic E-state index is 0.632. The maximum Gasteiger partial charge on any atom is 0.160 e. The predicted octanol–water partition coefficient (Wildman–Crippen LogP) is 8.10. The molecule has 0 N–H and O–H groups in total. The summed E-state index contributed by atoms with van der Waals surface area (Å²) in [5.74, 6) is 3.76. The van der Waals surface area contributed by atoms with Crippen LogP contribution in [0.1, 0.15) is 29.3 Å². The molecule has 0 radical (unpaired) electrons. The van der Waals surface area contributed by atoms with Crippen molar-refractivity contribution in [3.05, 3.63) is 149 Å². The first-order valence-corrected chi connectivity index (χ1v) is 12.9. The second-order valence-corrected chi connectivity index (χ2v) is 9.63. The Labute approximate surface area is 223 Å². The van der Waals surface area contributed by atoms with E-state index in [-0.39, 0.29) is 0 Å². The van der Waals surface area contributed by atoms with E-state index in [0.29, 0.717) is 5.82 Å². The Morgan fingerprint density at radius 3 is 1.92 bits per heavy atom. The SMILES string of the molecule is C#CC1=C(/C=C\C)C2(c3ccccc31)c1ccccc1-c1c(-c3ccccc3)nc(-c3ccccc3)nc12. The van der Waals surface area contributed by atoms with E-state index in [0.717, 1.165) is 50.4 Å². The topological polar surface area (TPSA) is 25.8 Å². The van der Waals surface area contributed by atoms with Gasteiger partial charge in [-0.15, -0.1) is 6.42 Å². The maximum absolute atomic E-state index is 6.23. The molecule has 2 heteroatoms. The number of rotatable bonds is 3. The van der Waals surface area contributed by atoms with Crippen molar-refractivity contribution in [2.24, 2.45) is 0 Å². The number of aromatic nitrogens is 2. The number of fused-ring (bicyclic) bond motifs is 7. The van der Waals surface area contributed by atoms with E-state index >= 15 is 0 Å². The molecule has 4 aromatic carbocycles. The van der Waals surface area contributed by atoms with Gasteiger partial charge in [-0.3, -0.25) is 0 Å². The molecule has 2 aliphatic carbocycles. The minimum Gasteiger partial charge on any atom is -0.231 e. The number of hydrogen-bond acceptors (Lipinski definition) is 2. The van der Waals surface area contributed by atoms with E-state index in [1.807, 2.05) is 31.2 Å². The van der Waals surface area contributed by atoms with Crippen molar-refractivity contribution in [1.29, 1.82) is 0 Å². The Kier molecular flexibility index (Phi) is 4.99. The molecule has 0 aliphatic heterocycles. The van der Waals surface area contributed by atoms with E-state index in [4.69, 9.17) is 16.4 Å². The maximum atomic E-state index is 6.23. The molecule has 178 valence electrons. The van der Waals surface area contributed by atoms with Gasteiger partial charge in [0, 0.05) is 22.3 Å². The standard InChI is InChI=1S/C36H24N2/c1-3-15-29-26(4-2)27-20-11-13-22-30(27)36(29)31-23-14-12-21-28(31)32-33(24-16-7-5-8-17-24)37-35(38-34(32)36)25-18-9-6-10-19-25/h2-3,5-23H,1H3/b15-3-. The number of allylic oxidation sites excluding steroid dienone is 4. The van der Waals surface area contributed by atoms with Gasteiger partial charge in [-0.05, 0) is 34.8 Å². The normalized spacial score (nSPS) is 16.9. The van der Waals surface area contributed by atoms with Gasteiger partial charge in [0.1, 0.15) is 0 Å². The lowest BCUT2D eigenvalue weighted by atomic mass is 9.71. The highest BCUT2D eigenvalue weighted by atomic mass is 14.9. The van der Waals surface area contributed by atoms with Crippen molar-refractivity contribution in [2.45, 2.75) is 12.3 Å². The Morgan fingerprint density at radius 2 is 1.26 bits per heavy atom. The molecule has 0 amide bonds. The van der Waals surface area contributed by atoms with Crippen LogP contribution in [0.2, 0.25) is 0 Å². The zero-order chi connectivity index (χ0) is 25.7. The van der Waals surface area contributed by atoms with E-state index in [1.54, 1.807) is 0 Å². The predicted molar refractivity (Wildman–Crippen MR) is 155 cm³/mol. The number of terminal acetylenes is 1. The van der Waals surface area contributed by atoms with Crippen LogP contribution in [0.3, 0.4) is 0 Å². The van der Waals surface area contributed by atoms with Crippen molar-refractivity contribution in [3.8, 4) is 46.1 Å². The van der Waals surface area contributed by atoms with E-state index in [9.17, 15) is 0 Å². The molecule has 0 saturated heterocycles. The highest BCUT2D eigenvalue weighted by Gasteiger charge is 2.54. The molecule has 1 unspecified atom stereocenters. The molecule has 1 atom stereocenters. The molecule has 0 saturated carbocycles. The summed E-state index contributed by atoms with van der Waals surface area (Å²) in [5, 5.41) is 0. The molecule has 2 nitrogen and oxygen atoms in total. The van der Waals surface area contributed by atoms with Crippen LogP contribution in [0.25, 0.3) is 39.3 Å². The van der Waals surface area contributed by atoms with Crippen molar-refractivity contribution >= 4 is 5.57 Å². The molecule has 1 spiro atoms. The summed E-state index contributed by atoms with van der Waals surface area (Å²) in [7, 11) is 0. The average Bonchev–Trinajstić information content (AvgIpc) is 3.44. The molecule has 7 rings (SSSR count). The summed E-state index contributed by atoms with van der Waals surface area (Å²) in [6.07, 6.45) is 10.5. The quantitative estimate of drug-likeness (QED) is 0.242. The van der Waals surface area contributed by atoms with E-state index in [2.05, 4.69) is 103 Å². The third-order valence-electron chi connectivity index (χ3n) is 7.70. The van der Waals surface area contributed by atoms with Gasteiger partial charge in [0.2, 0.25) is 0 Å². The molecular formula is C36H24N2. The van der Waals surface area contributed by atoms with Crippen LogP contribution < -0.4 is 0 Å². The molecule has 5 aromatic rings. The first kappa shape index (κ1) is 22.2. The first-order chi connectivity index (χ1) is 18.8. The zero-order valence-corrected chi connectivity index (χ0v) is 21.0. The van der Waals surface area contributed by atoms with Crippen molar-refractivity contribution in [2.75, 3.05) is 0 Å². The Bertz CT molecular complexity index is 1820. The van der Waals surface area contributed by atoms with Gasteiger partial charge in [0.15, 0.2) is 5.82 Å². The Hall–Kier alpha value is -5.00. The van der Waals surface area contributed by atoms with Crippen molar-refractivity contribution < 1.29 is 0 Å². The average molecular weight is 485 g/mol. The van der Waals surface area contributed by atoms with Crippen LogP contribution in [-0.2, 0) is 5.41 Å². The summed E-state index contributed by atoms with van der Waals surface area (Å²) in [6.45, 7) is 2.05. The molecule has 1 heterocycles. The molecular weight excluding hydrogens is 460 g/mol. The Balaban J connectivity index is 1.70. The number of nitrogens with zero attached hydrogens (tertiary/aromatic N) is 2. The third kappa shape index (κ3) is 2.91. The molecule has 0 fully saturated rings. The van der Waals surface area contributed by atoms with Crippen LogP contribution in [0, 0.1) is 12.3 Å². The fraction of sp³-hybridized carbons (Fsp3) is 0.0556. The van der Waals surface area contributed by atoms with Crippen molar-refractivity contribution in [3.63, 3.8) is 0 Å². The van der Waals surface area contributed by atoms with Gasteiger partial charge in [-0.1, -0.05) is 127 Å². The summed E-state index contributed by atoms with van der Waals surface area (Å²) < 4.78 is 0. The van der Waals surface area contributed by atoms with E-state index in [1.165, 1.54) is 11.1 Å². The van der Waals surface area contributed by atoms with Crippen LogP contribution in [0.4, 0.5) is 0 Å². The lowest BCUT2D eigenvalue weighted by Crippen LogP contribution is -2.28. The van der Waals surface area contributed by atoms with Gasteiger partial charge < -0.3 is 0 Å². The fourth-order valence-corrected chi connectivity index (χ4v) is 6.25. The van der Waals surface area contributed by atoms with Gasteiger partial charge in [0.05, 0.1) is 16.8 Å². The molecule has 1 aromatic heterocycles. The first-order valence-electron chi connectivity index (χ1n) is 12.9. The van der Waals surface area contributed by atoms with Gasteiger partial charge >= 0.3 is 0 Å².